The van der Waals surface area contributed by atoms with E-state index in [9.17, 15) is 19.5 Å². The van der Waals surface area contributed by atoms with Crippen molar-refractivity contribution in [2.45, 2.75) is 69.0 Å². The molecule has 1 spiro atoms. The monoisotopic (exact) mass is 592 g/mol. The van der Waals surface area contributed by atoms with Crippen LogP contribution < -0.4 is 15.5 Å². The van der Waals surface area contributed by atoms with Gasteiger partial charge in [0.05, 0.1) is 29.2 Å². The van der Waals surface area contributed by atoms with Crippen molar-refractivity contribution in [1.29, 1.82) is 0 Å². The summed E-state index contributed by atoms with van der Waals surface area (Å²) in [7, 11) is 0. The van der Waals surface area contributed by atoms with Crippen LogP contribution in [-0.4, -0.2) is 76.0 Å². The molecule has 7 atom stereocenters. The second-order valence-electron chi connectivity index (χ2n) is 11.8. The number of rotatable bonds is 12. The smallest absolute Gasteiger partial charge is 0.248 e. The summed E-state index contributed by atoms with van der Waals surface area (Å²) in [5.74, 6) is -1.60. The molecule has 3 saturated heterocycles. The van der Waals surface area contributed by atoms with Crippen LogP contribution in [0, 0.1) is 17.8 Å². The Hall–Kier alpha value is -3.04. The number of anilines is 2. The zero-order valence-electron chi connectivity index (χ0n) is 25.1. The first-order valence-electron chi connectivity index (χ1n) is 15.4. The molecule has 42 heavy (non-hydrogen) atoms. The minimum Gasteiger partial charge on any atom is -0.394 e. The Balaban J connectivity index is 1.51. The zero-order chi connectivity index (χ0) is 30.0. The molecule has 226 valence electrons. The van der Waals surface area contributed by atoms with Crippen molar-refractivity contribution in [3.63, 3.8) is 0 Å². The van der Waals surface area contributed by atoms with Crippen LogP contribution in [0.5, 0.6) is 0 Å². The molecule has 2 bridgehead atoms. The lowest BCUT2D eigenvalue weighted by atomic mass is 9.66. The third-order valence-electron chi connectivity index (χ3n) is 9.47. The minimum absolute atomic E-state index is 0.0155. The number of nitrogens with zero attached hydrogens (tertiary/aromatic N) is 2. The molecule has 3 unspecified atom stereocenters. The van der Waals surface area contributed by atoms with Crippen molar-refractivity contribution in [1.82, 2.24) is 10.2 Å². The fourth-order valence-electron chi connectivity index (χ4n) is 7.51. The van der Waals surface area contributed by atoms with Crippen molar-refractivity contribution < 1.29 is 19.5 Å². The molecule has 0 aliphatic carbocycles. The minimum atomic E-state index is -0.813. The van der Waals surface area contributed by atoms with Gasteiger partial charge in [0.25, 0.3) is 0 Å². The summed E-state index contributed by atoms with van der Waals surface area (Å²) in [6.07, 6.45) is 2.00. The van der Waals surface area contributed by atoms with Crippen LogP contribution in [0.25, 0.3) is 0 Å². The average molecular weight is 593 g/mol. The third kappa shape index (κ3) is 5.19. The van der Waals surface area contributed by atoms with Gasteiger partial charge in [0.1, 0.15) is 6.04 Å². The Morgan fingerprint density at radius 1 is 1.07 bits per heavy atom. The molecule has 3 aliphatic heterocycles. The number of carbonyl (C=O) groups is 3. The van der Waals surface area contributed by atoms with Crippen LogP contribution in [-0.2, 0) is 20.8 Å². The summed E-state index contributed by atoms with van der Waals surface area (Å²) in [4.78, 5) is 46.2. The number of thioether (sulfide) groups is 1. The number of likely N-dealkylation sites (tertiary alicyclic amines) is 1. The number of amides is 3. The molecule has 8 nitrogen and oxygen atoms in total. The van der Waals surface area contributed by atoms with Crippen LogP contribution in [0.2, 0.25) is 0 Å². The maximum absolute atomic E-state index is 14.5. The Morgan fingerprint density at radius 3 is 2.38 bits per heavy atom. The lowest BCUT2D eigenvalue weighted by Gasteiger charge is -2.40. The van der Waals surface area contributed by atoms with Crippen LogP contribution >= 0.6 is 11.8 Å². The number of aliphatic hydroxyl groups excluding tert-OH is 1. The SMILES string of the molecule is CCCNC(=O)[C@@H]1[C@@H]2CC(C)C3(S2)C(C(=O)Nc2ccc(N(CC)CC)cc2)N([C@@H](CO)Cc2ccccc2)C(=O)[C@H]13. The molecular formula is C33H44N4O4S. The van der Waals surface area contributed by atoms with E-state index in [4.69, 9.17) is 0 Å². The Bertz CT molecular complexity index is 1270. The molecule has 3 fully saturated rings. The molecule has 0 radical (unpaired) electrons. The van der Waals surface area contributed by atoms with Crippen molar-refractivity contribution in [3.8, 4) is 0 Å². The van der Waals surface area contributed by atoms with Gasteiger partial charge in [0.15, 0.2) is 0 Å². The molecule has 0 aromatic heterocycles. The largest absolute Gasteiger partial charge is 0.394 e. The topological polar surface area (TPSA) is 102 Å². The first-order valence-corrected chi connectivity index (χ1v) is 16.3. The molecule has 3 aliphatic rings. The highest BCUT2D eigenvalue weighted by molar-refractivity contribution is 8.02. The second-order valence-corrected chi connectivity index (χ2v) is 13.4. The quantitative estimate of drug-likeness (QED) is 0.345. The maximum Gasteiger partial charge on any atom is 0.248 e. The van der Waals surface area contributed by atoms with Gasteiger partial charge in [-0.3, -0.25) is 14.4 Å². The molecule has 2 aromatic carbocycles. The van der Waals surface area contributed by atoms with Gasteiger partial charge in [-0.2, -0.15) is 0 Å². The molecule has 9 heteroatoms. The van der Waals surface area contributed by atoms with Gasteiger partial charge in [0, 0.05) is 36.3 Å². The van der Waals surface area contributed by atoms with Crippen molar-refractivity contribution >= 4 is 40.9 Å². The Labute approximate surface area is 253 Å². The van der Waals surface area contributed by atoms with E-state index < -0.39 is 28.7 Å². The van der Waals surface area contributed by atoms with E-state index in [1.165, 1.54) is 0 Å². The molecule has 3 amide bonds. The number of hydrogen-bond donors (Lipinski definition) is 3. The molecule has 5 rings (SSSR count). The van der Waals surface area contributed by atoms with Crippen molar-refractivity contribution in [2.24, 2.45) is 17.8 Å². The number of carbonyl (C=O) groups excluding carboxylic acids is 3. The fraction of sp³-hybridized carbons (Fsp3) is 0.545. The summed E-state index contributed by atoms with van der Waals surface area (Å²) >= 11 is 1.66. The standard InChI is InChI=1S/C33H44N4O4S/c1-5-17-34-30(39)27-26-18-21(4)33(42-26)28(27)32(41)37(25(20-38)19-22-11-9-8-10-12-22)29(33)31(40)35-23-13-15-24(16-14-23)36(6-2)7-3/h8-16,21,25-29,38H,5-7,17-20H2,1-4H3,(H,34,39)(H,35,40)/t21?,25-,26+,27-,28+,29?,33?/m1/s1. The van der Waals surface area contributed by atoms with Gasteiger partial charge in [-0.25, -0.2) is 0 Å². The van der Waals surface area contributed by atoms with Crippen LogP contribution in [0.15, 0.2) is 54.6 Å². The van der Waals surface area contributed by atoms with E-state index >= 15 is 0 Å². The second kappa shape index (κ2) is 12.7. The maximum atomic E-state index is 14.5. The highest BCUT2D eigenvalue weighted by atomic mass is 32.2. The fourth-order valence-corrected chi connectivity index (χ4v) is 9.92. The third-order valence-corrected chi connectivity index (χ3v) is 11.5. The van der Waals surface area contributed by atoms with Gasteiger partial charge in [-0.05, 0) is 68.9 Å². The summed E-state index contributed by atoms with van der Waals surface area (Å²) < 4.78 is -0.745. The highest BCUT2D eigenvalue weighted by Crippen LogP contribution is 2.68. The number of hydrogen-bond acceptors (Lipinski definition) is 6. The van der Waals surface area contributed by atoms with Crippen LogP contribution in [0.1, 0.15) is 46.1 Å². The average Bonchev–Trinajstić information content (AvgIpc) is 3.60. The van der Waals surface area contributed by atoms with Gasteiger partial charge in [0.2, 0.25) is 17.7 Å². The van der Waals surface area contributed by atoms with E-state index in [0.29, 0.717) is 18.7 Å². The molecule has 3 heterocycles. The van der Waals surface area contributed by atoms with Crippen LogP contribution in [0.3, 0.4) is 0 Å². The number of fused-ring (bicyclic) bond motifs is 1. The Morgan fingerprint density at radius 2 is 1.76 bits per heavy atom. The van der Waals surface area contributed by atoms with Crippen molar-refractivity contribution in [2.75, 3.05) is 36.5 Å². The number of benzene rings is 2. The highest BCUT2D eigenvalue weighted by Gasteiger charge is 2.76. The molecule has 3 N–H and O–H groups in total. The van der Waals surface area contributed by atoms with E-state index in [0.717, 1.165) is 37.2 Å². The van der Waals surface area contributed by atoms with Crippen molar-refractivity contribution in [3.05, 3.63) is 60.2 Å². The molecule has 0 saturated carbocycles. The number of aliphatic hydroxyl groups is 1. The summed E-state index contributed by atoms with van der Waals surface area (Å²) in [6.45, 7) is 10.4. The lowest BCUT2D eigenvalue weighted by molar-refractivity contribution is -0.142. The van der Waals surface area contributed by atoms with E-state index in [-0.39, 0.29) is 35.5 Å². The predicted octanol–water partition coefficient (Wildman–Crippen LogP) is 3.94. The van der Waals surface area contributed by atoms with Crippen LogP contribution in [0.4, 0.5) is 11.4 Å². The van der Waals surface area contributed by atoms with Gasteiger partial charge in [-0.1, -0.05) is 44.2 Å². The summed E-state index contributed by atoms with van der Waals surface area (Å²) in [5.41, 5.74) is 2.72. The van der Waals surface area contributed by atoms with Gasteiger partial charge < -0.3 is 25.5 Å². The number of nitrogens with one attached hydrogen (secondary N) is 2. The van der Waals surface area contributed by atoms with E-state index in [1.54, 1.807) is 16.7 Å². The predicted molar refractivity (Wildman–Crippen MR) is 168 cm³/mol. The van der Waals surface area contributed by atoms with E-state index in [1.807, 2.05) is 61.5 Å². The molecule has 2 aromatic rings. The first kappa shape index (κ1) is 30.4. The summed E-state index contributed by atoms with van der Waals surface area (Å²) in [6, 6.07) is 16.1. The Kier molecular flexibility index (Phi) is 9.18. The first-order chi connectivity index (χ1) is 20.3. The normalized spacial score (nSPS) is 28.5. The molecular weight excluding hydrogens is 548 g/mol. The zero-order valence-corrected chi connectivity index (χ0v) is 25.9. The van der Waals surface area contributed by atoms with E-state index in [2.05, 4.69) is 36.3 Å². The van der Waals surface area contributed by atoms with Gasteiger partial charge in [-0.15, -0.1) is 11.8 Å². The summed E-state index contributed by atoms with van der Waals surface area (Å²) in [5, 5.41) is 16.8. The lowest BCUT2D eigenvalue weighted by Crippen LogP contribution is -2.57. The van der Waals surface area contributed by atoms with Gasteiger partial charge >= 0.3 is 0 Å².